The Morgan fingerprint density at radius 2 is 2.15 bits per heavy atom. The van der Waals surface area contributed by atoms with Crippen LogP contribution in [-0.2, 0) is 9.84 Å². The first-order valence-electron chi connectivity index (χ1n) is 6.79. The summed E-state index contributed by atoms with van der Waals surface area (Å²) in [6, 6.07) is 4.19. The zero-order chi connectivity index (χ0) is 14.9. The van der Waals surface area contributed by atoms with Crippen LogP contribution in [0.25, 0.3) is 0 Å². The van der Waals surface area contributed by atoms with Gasteiger partial charge in [-0.2, -0.15) is 0 Å². The molecule has 1 aliphatic heterocycles. The van der Waals surface area contributed by atoms with Crippen LogP contribution in [0.2, 0.25) is 0 Å². The van der Waals surface area contributed by atoms with E-state index in [0.717, 1.165) is 31.7 Å². The molecule has 4 nitrogen and oxygen atoms in total. The SMILES string of the molecule is CC(N)C1CCCN(c2ccc(S(C)(=O)=O)cc2F)C1. The summed E-state index contributed by atoms with van der Waals surface area (Å²) in [5.41, 5.74) is 6.39. The summed E-state index contributed by atoms with van der Waals surface area (Å²) in [6.45, 7) is 3.46. The largest absolute Gasteiger partial charge is 0.369 e. The Morgan fingerprint density at radius 3 is 2.70 bits per heavy atom. The van der Waals surface area contributed by atoms with Crippen LogP contribution in [-0.4, -0.2) is 33.8 Å². The van der Waals surface area contributed by atoms with Crippen LogP contribution in [0.3, 0.4) is 0 Å². The molecule has 0 amide bonds. The van der Waals surface area contributed by atoms with Gasteiger partial charge in [-0.25, -0.2) is 12.8 Å². The summed E-state index contributed by atoms with van der Waals surface area (Å²) in [5, 5.41) is 0. The van der Waals surface area contributed by atoms with Crippen molar-refractivity contribution in [3.8, 4) is 0 Å². The van der Waals surface area contributed by atoms with Crippen LogP contribution in [0.4, 0.5) is 10.1 Å². The number of nitrogens with zero attached hydrogens (tertiary/aromatic N) is 1. The quantitative estimate of drug-likeness (QED) is 0.924. The minimum atomic E-state index is -3.38. The molecule has 0 radical (unpaired) electrons. The van der Waals surface area contributed by atoms with Gasteiger partial charge in [0.05, 0.1) is 10.6 Å². The lowest BCUT2D eigenvalue weighted by Crippen LogP contribution is -2.42. The average Bonchev–Trinajstić information content (AvgIpc) is 2.37. The van der Waals surface area contributed by atoms with E-state index in [1.165, 1.54) is 6.07 Å². The van der Waals surface area contributed by atoms with Crippen molar-refractivity contribution in [2.24, 2.45) is 11.7 Å². The van der Waals surface area contributed by atoms with Crippen molar-refractivity contribution in [1.29, 1.82) is 0 Å². The molecule has 6 heteroatoms. The van der Waals surface area contributed by atoms with E-state index in [2.05, 4.69) is 0 Å². The molecule has 1 aliphatic rings. The molecule has 2 rings (SSSR count). The second-order valence-electron chi connectivity index (χ2n) is 5.59. The predicted octanol–water partition coefficient (Wildman–Crippen LogP) is 1.79. The van der Waals surface area contributed by atoms with Crippen molar-refractivity contribution in [2.45, 2.75) is 30.7 Å². The van der Waals surface area contributed by atoms with Crippen LogP contribution < -0.4 is 10.6 Å². The molecule has 0 spiro atoms. The number of piperidine rings is 1. The zero-order valence-electron chi connectivity index (χ0n) is 11.8. The lowest BCUT2D eigenvalue weighted by molar-refractivity contribution is 0.362. The molecule has 0 bridgehead atoms. The molecule has 2 unspecified atom stereocenters. The number of rotatable bonds is 3. The maximum absolute atomic E-state index is 14.2. The highest BCUT2D eigenvalue weighted by molar-refractivity contribution is 7.90. The molecule has 1 aromatic carbocycles. The zero-order valence-corrected chi connectivity index (χ0v) is 12.7. The first-order chi connectivity index (χ1) is 9.29. The second-order valence-corrected chi connectivity index (χ2v) is 7.61. The topological polar surface area (TPSA) is 63.4 Å². The van der Waals surface area contributed by atoms with Crippen molar-refractivity contribution in [1.82, 2.24) is 0 Å². The lowest BCUT2D eigenvalue weighted by atomic mass is 9.92. The first-order valence-corrected chi connectivity index (χ1v) is 8.68. The average molecular weight is 300 g/mol. The minimum Gasteiger partial charge on any atom is -0.369 e. The molecule has 1 fully saturated rings. The maximum Gasteiger partial charge on any atom is 0.175 e. The predicted molar refractivity (Wildman–Crippen MR) is 78.1 cm³/mol. The van der Waals surface area contributed by atoms with E-state index in [1.54, 1.807) is 6.07 Å². The summed E-state index contributed by atoms with van der Waals surface area (Å²) in [5.74, 6) is -0.143. The van der Waals surface area contributed by atoms with Crippen molar-refractivity contribution in [2.75, 3.05) is 24.2 Å². The Bertz CT molecular complexity index is 587. The molecule has 112 valence electrons. The van der Waals surface area contributed by atoms with Gasteiger partial charge in [0.2, 0.25) is 0 Å². The summed E-state index contributed by atoms with van der Waals surface area (Å²) < 4.78 is 37.0. The fourth-order valence-corrected chi connectivity index (χ4v) is 3.27. The third-order valence-electron chi connectivity index (χ3n) is 3.89. The molecular weight excluding hydrogens is 279 g/mol. The molecule has 0 aliphatic carbocycles. The molecule has 1 saturated heterocycles. The van der Waals surface area contributed by atoms with Crippen molar-refractivity contribution < 1.29 is 12.8 Å². The number of hydrogen-bond donors (Lipinski definition) is 1. The highest BCUT2D eigenvalue weighted by atomic mass is 32.2. The molecule has 0 aromatic heterocycles. The molecule has 2 atom stereocenters. The van der Waals surface area contributed by atoms with Crippen LogP contribution in [0.15, 0.2) is 23.1 Å². The van der Waals surface area contributed by atoms with Gasteiger partial charge in [0.25, 0.3) is 0 Å². The van der Waals surface area contributed by atoms with E-state index in [9.17, 15) is 12.8 Å². The normalized spacial score (nSPS) is 21.8. The van der Waals surface area contributed by atoms with Crippen LogP contribution in [0.5, 0.6) is 0 Å². The summed E-state index contributed by atoms with van der Waals surface area (Å²) >= 11 is 0. The van der Waals surface area contributed by atoms with E-state index >= 15 is 0 Å². The van der Waals surface area contributed by atoms with Gasteiger partial charge in [-0.15, -0.1) is 0 Å². The molecular formula is C14H21FN2O2S. The molecule has 1 heterocycles. The standard InChI is InChI=1S/C14H21FN2O2S/c1-10(16)11-4-3-7-17(9-11)14-6-5-12(8-13(14)15)20(2,18)19/h5-6,8,10-11H,3-4,7,9,16H2,1-2H3. The summed E-state index contributed by atoms with van der Waals surface area (Å²) in [6.07, 6.45) is 3.10. The number of anilines is 1. The molecule has 0 saturated carbocycles. The van der Waals surface area contributed by atoms with Gasteiger partial charge in [0.15, 0.2) is 9.84 Å². The van der Waals surface area contributed by atoms with Crippen molar-refractivity contribution >= 4 is 15.5 Å². The van der Waals surface area contributed by atoms with E-state index in [0.29, 0.717) is 18.2 Å². The Labute approximate surface area is 119 Å². The minimum absolute atomic E-state index is 0.0134. The van der Waals surface area contributed by atoms with Crippen LogP contribution >= 0.6 is 0 Å². The fraction of sp³-hybridized carbons (Fsp3) is 0.571. The summed E-state index contributed by atoms with van der Waals surface area (Å²) in [4.78, 5) is 1.97. The Kier molecular flexibility index (Phi) is 4.34. The van der Waals surface area contributed by atoms with Gasteiger partial charge in [-0.3, -0.25) is 0 Å². The van der Waals surface area contributed by atoms with Crippen molar-refractivity contribution in [3.63, 3.8) is 0 Å². The Morgan fingerprint density at radius 1 is 1.45 bits per heavy atom. The maximum atomic E-state index is 14.2. The van der Waals surface area contributed by atoms with E-state index in [1.807, 2.05) is 11.8 Å². The first kappa shape index (κ1) is 15.3. The Hall–Kier alpha value is -1.14. The van der Waals surface area contributed by atoms with E-state index < -0.39 is 15.7 Å². The third kappa shape index (κ3) is 3.30. The van der Waals surface area contributed by atoms with Crippen LogP contribution in [0.1, 0.15) is 19.8 Å². The number of nitrogens with two attached hydrogens (primary N) is 1. The smallest absolute Gasteiger partial charge is 0.175 e. The number of benzene rings is 1. The number of sulfone groups is 1. The van der Waals surface area contributed by atoms with Gasteiger partial charge < -0.3 is 10.6 Å². The third-order valence-corrected chi connectivity index (χ3v) is 5.00. The summed E-state index contributed by atoms with van der Waals surface area (Å²) in [7, 11) is -3.38. The molecule has 2 N–H and O–H groups in total. The van der Waals surface area contributed by atoms with Gasteiger partial charge in [0, 0.05) is 25.4 Å². The monoisotopic (exact) mass is 300 g/mol. The van der Waals surface area contributed by atoms with Crippen molar-refractivity contribution in [3.05, 3.63) is 24.0 Å². The van der Waals surface area contributed by atoms with Gasteiger partial charge in [0.1, 0.15) is 5.82 Å². The Balaban J connectivity index is 2.25. The lowest BCUT2D eigenvalue weighted by Gasteiger charge is -2.36. The van der Waals surface area contributed by atoms with E-state index in [-0.39, 0.29) is 10.9 Å². The highest BCUT2D eigenvalue weighted by Gasteiger charge is 2.24. The van der Waals surface area contributed by atoms with Gasteiger partial charge >= 0.3 is 0 Å². The van der Waals surface area contributed by atoms with Gasteiger partial charge in [-0.1, -0.05) is 0 Å². The van der Waals surface area contributed by atoms with Gasteiger partial charge in [-0.05, 0) is 43.9 Å². The molecule has 1 aromatic rings. The number of halogens is 1. The molecule has 20 heavy (non-hydrogen) atoms. The highest BCUT2D eigenvalue weighted by Crippen LogP contribution is 2.28. The van der Waals surface area contributed by atoms with E-state index in [4.69, 9.17) is 5.73 Å². The fourth-order valence-electron chi connectivity index (χ4n) is 2.63. The number of hydrogen-bond acceptors (Lipinski definition) is 4. The second kappa shape index (κ2) is 5.69. The van der Waals surface area contributed by atoms with Crippen LogP contribution in [0, 0.1) is 11.7 Å².